The monoisotopic (exact) mass is 335 g/mol. The van der Waals surface area contributed by atoms with E-state index in [1.54, 1.807) is 18.2 Å². The molecule has 4 N–H and O–H groups in total. The fraction of sp³-hybridized carbons (Fsp3) is 0.133. The number of aromatic carboxylic acids is 1. The van der Waals surface area contributed by atoms with Crippen LogP contribution in [0.25, 0.3) is 11.1 Å². The minimum absolute atomic E-state index is 0.0255. The number of rotatable bonds is 5. The smallest absolute Gasteiger partial charge is 0.337 e. The number of ether oxygens (including phenoxy) is 1. The second-order valence-electron chi connectivity index (χ2n) is 4.62. The Morgan fingerprint density at radius 2 is 2.09 bits per heavy atom. The number of carbonyl (C=O) groups is 2. The Kier molecular flexibility index (Phi) is 5.15. The molecule has 2 aromatic rings. The van der Waals surface area contributed by atoms with Crippen molar-refractivity contribution in [3.8, 4) is 16.9 Å². The highest BCUT2D eigenvalue weighted by Gasteiger charge is 2.18. The number of benzene rings is 1. The summed E-state index contributed by atoms with van der Waals surface area (Å²) in [5, 5.41) is 9.79. The maximum atomic E-state index is 11.5. The van der Waals surface area contributed by atoms with E-state index in [2.05, 4.69) is 4.98 Å². The van der Waals surface area contributed by atoms with E-state index in [1.165, 1.54) is 19.4 Å². The highest BCUT2D eigenvalue weighted by atomic mass is 35.5. The summed E-state index contributed by atoms with van der Waals surface area (Å²) in [5.41, 5.74) is 3.19. The summed E-state index contributed by atoms with van der Waals surface area (Å²) in [5.74, 6) is 3.92. The van der Waals surface area contributed by atoms with Crippen LogP contribution in [0.1, 0.15) is 16.1 Å². The number of halogens is 1. The van der Waals surface area contributed by atoms with Crippen molar-refractivity contribution in [3.63, 3.8) is 0 Å². The topological polar surface area (TPSA) is 115 Å². The second-order valence-corrected chi connectivity index (χ2v) is 5.05. The molecule has 0 aliphatic carbocycles. The summed E-state index contributed by atoms with van der Waals surface area (Å²) in [7, 11) is 1.47. The summed E-state index contributed by atoms with van der Waals surface area (Å²) >= 11 is 6.00. The van der Waals surface area contributed by atoms with Crippen LogP contribution in [0.15, 0.2) is 30.5 Å². The molecule has 2 rings (SSSR count). The fourth-order valence-electron chi connectivity index (χ4n) is 2.09. The van der Waals surface area contributed by atoms with Gasteiger partial charge in [0, 0.05) is 22.3 Å². The number of carbonyl (C=O) groups excluding carboxylic acids is 1. The first-order valence-corrected chi connectivity index (χ1v) is 6.89. The van der Waals surface area contributed by atoms with E-state index in [0.717, 1.165) is 0 Å². The third-order valence-corrected chi connectivity index (χ3v) is 3.38. The molecule has 0 unspecified atom stereocenters. The molecular weight excluding hydrogens is 322 g/mol. The first-order valence-electron chi connectivity index (χ1n) is 6.51. The van der Waals surface area contributed by atoms with Gasteiger partial charge in [0.1, 0.15) is 5.75 Å². The molecule has 1 amide bonds. The number of nitrogens with zero attached hydrogens (tertiary/aromatic N) is 1. The molecule has 0 saturated heterocycles. The van der Waals surface area contributed by atoms with Crippen LogP contribution in [0.4, 0.5) is 0 Å². The number of nitrogens with one attached hydrogen (secondary N) is 1. The molecule has 1 aromatic carbocycles. The SMILES string of the molecule is COc1ccc(Cl)cc1-c1cc(CC(=O)NN)ncc1C(=O)O. The van der Waals surface area contributed by atoms with Gasteiger partial charge in [0.25, 0.3) is 0 Å². The molecule has 0 aliphatic rings. The van der Waals surface area contributed by atoms with Gasteiger partial charge in [-0.25, -0.2) is 10.6 Å². The Bertz CT molecular complexity index is 764. The van der Waals surface area contributed by atoms with E-state index in [4.69, 9.17) is 22.2 Å². The van der Waals surface area contributed by atoms with E-state index < -0.39 is 11.9 Å². The first-order chi connectivity index (χ1) is 11.0. The number of hydrazine groups is 1. The van der Waals surface area contributed by atoms with Crippen molar-refractivity contribution in [1.82, 2.24) is 10.4 Å². The summed E-state index contributed by atoms with van der Waals surface area (Å²) < 4.78 is 5.26. The lowest BCUT2D eigenvalue weighted by Crippen LogP contribution is -2.31. The average molecular weight is 336 g/mol. The molecule has 0 fully saturated rings. The van der Waals surface area contributed by atoms with Gasteiger partial charge >= 0.3 is 5.97 Å². The van der Waals surface area contributed by atoms with Gasteiger partial charge in [0.15, 0.2) is 0 Å². The number of carboxylic acids is 1. The predicted molar refractivity (Wildman–Crippen MR) is 84.2 cm³/mol. The van der Waals surface area contributed by atoms with E-state index in [0.29, 0.717) is 27.6 Å². The maximum absolute atomic E-state index is 11.5. The Balaban J connectivity index is 2.62. The molecule has 7 nitrogen and oxygen atoms in total. The Hall–Kier alpha value is -2.64. The molecular formula is C15H14ClN3O4. The lowest BCUT2D eigenvalue weighted by atomic mass is 9.99. The normalized spacial score (nSPS) is 10.2. The molecule has 0 atom stereocenters. The fourth-order valence-corrected chi connectivity index (χ4v) is 2.27. The molecule has 0 radical (unpaired) electrons. The number of nitrogens with two attached hydrogens (primary N) is 1. The van der Waals surface area contributed by atoms with E-state index in [1.807, 2.05) is 5.43 Å². The van der Waals surface area contributed by atoms with Crippen LogP contribution in [-0.2, 0) is 11.2 Å². The highest BCUT2D eigenvalue weighted by molar-refractivity contribution is 6.31. The van der Waals surface area contributed by atoms with Gasteiger partial charge < -0.3 is 9.84 Å². The lowest BCUT2D eigenvalue weighted by Gasteiger charge is -2.12. The van der Waals surface area contributed by atoms with Gasteiger partial charge in [0.05, 0.1) is 24.8 Å². The molecule has 0 saturated carbocycles. The molecule has 0 spiro atoms. The minimum atomic E-state index is -1.15. The van der Waals surface area contributed by atoms with Gasteiger partial charge in [-0.05, 0) is 24.3 Å². The van der Waals surface area contributed by atoms with Gasteiger partial charge in [-0.15, -0.1) is 0 Å². The minimum Gasteiger partial charge on any atom is -0.496 e. The zero-order valence-corrected chi connectivity index (χ0v) is 12.9. The molecule has 8 heteroatoms. The van der Waals surface area contributed by atoms with Crippen molar-refractivity contribution in [1.29, 1.82) is 0 Å². The number of hydrogen-bond donors (Lipinski definition) is 3. The van der Waals surface area contributed by atoms with Crippen molar-refractivity contribution >= 4 is 23.5 Å². The van der Waals surface area contributed by atoms with Crippen LogP contribution >= 0.6 is 11.6 Å². The summed E-state index contributed by atoms with van der Waals surface area (Å²) in [6, 6.07) is 6.37. The van der Waals surface area contributed by atoms with Crippen molar-refractivity contribution in [2.45, 2.75) is 6.42 Å². The number of aromatic nitrogens is 1. The maximum Gasteiger partial charge on any atom is 0.337 e. The summed E-state index contributed by atoms with van der Waals surface area (Å²) in [6.07, 6.45) is 1.11. The summed E-state index contributed by atoms with van der Waals surface area (Å²) in [4.78, 5) is 26.8. The average Bonchev–Trinajstić information content (AvgIpc) is 2.54. The number of carboxylic acid groups (broad SMARTS) is 1. The van der Waals surface area contributed by atoms with Crippen molar-refractivity contribution in [2.75, 3.05) is 7.11 Å². The van der Waals surface area contributed by atoms with Crippen LogP contribution in [-0.4, -0.2) is 29.1 Å². The van der Waals surface area contributed by atoms with E-state index >= 15 is 0 Å². The molecule has 1 heterocycles. The Morgan fingerprint density at radius 3 is 2.70 bits per heavy atom. The van der Waals surface area contributed by atoms with Crippen LogP contribution in [0.3, 0.4) is 0 Å². The molecule has 1 aromatic heterocycles. The van der Waals surface area contributed by atoms with E-state index in [9.17, 15) is 14.7 Å². The van der Waals surface area contributed by atoms with Crippen LogP contribution in [0, 0.1) is 0 Å². The quantitative estimate of drug-likeness (QED) is 0.435. The van der Waals surface area contributed by atoms with Gasteiger partial charge in [-0.2, -0.15) is 0 Å². The number of hydrogen-bond acceptors (Lipinski definition) is 5. The van der Waals surface area contributed by atoms with E-state index in [-0.39, 0.29) is 12.0 Å². The molecule has 0 bridgehead atoms. The standard InChI is InChI=1S/C15H14ClN3O4/c1-23-13-3-2-8(16)4-11(13)10-5-9(6-14(20)19-17)18-7-12(10)15(21)22/h2-5,7H,6,17H2,1H3,(H,19,20)(H,21,22). The van der Waals surface area contributed by atoms with Crippen molar-refractivity contribution in [3.05, 3.63) is 46.7 Å². The number of pyridine rings is 1. The Morgan fingerprint density at radius 1 is 1.35 bits per heavy atom. The van der Waals surface area contributed by atoms with Crippen molar-refractivity contribution < 1.29 is 19.4 Å². The van der Waals surface area contributed by atoms with Gasteiger partial charge in [-0.3, -0.25) is 15.2 Å². The lowest BCUT2D eigenvalue weighted by molar-refractivity contribution is -0.120. The van der Waals surface area contributed by atoms with Crippen LogP contribution in [0.5, 0.6) is 5.75 Å². The third-order valence-electron chi connectivity index (χ3n) is 3.15. The molecule has 23 heavy (non-hydrogen) atoms. The summed E-state index contributed by atoms with van der Waals surface area (Å²) in [6.45, 7) is 0. The largest absolute Gasteiger partial charge is 0.496 e. The van der Waals surface area contributed by atoms with Gasteiger partial charge in [-0.1, -0.05) is 11.6 Å². The number of methoxy groups -OCH3 is 1. The zero-order chi connectivity index (χ0) is 17.0. The van der Waals surface area contributed by atoms with Crippen LogP contribution < -0.4 is 16.0 Å². The third kappa shape index (κ3) is 3.77. The predicted octanol–water partition coefficient (Wildman–Crippen LogP) is 1.64. The second kappa shape index (κ2) is 7.08. The highest BCUT2D eigenvalue weighted by Crippen LogP contribution is 2.34. The Labute approximate surface area is 137 Å². The van der Waals surface area contributed by atoms with Crippen molar-refractivity contribution in [2.24, 2.45) is 5.84 Å². The number of amides is 1. The first kappa shape index (κ1) is 16.7. The molecule has 120 valence electrons. The van der Waals surface area contributed by atoms with Gasteiger partial charge in [0.2, 0.25) is 5.91 Å². The molecule has 0 aliphatic heterocycles. The van der Waals surface area contributed by atoms with Crippen LogP contribution in [0.2, 0.25) is 5.02 Å². The zero-order valence-electron chi connectivity index (χ0n) is 12.2.